The van der Waals surface area contributed by atoms with E-state index in [1.807, 2.05) is 13.0 Å². The van der Waals surface area contributed by atoms with Crippen LogP contribution in [-0.4, -0.2) is 11.8 Å². The molecule has 4 nitrogen and oxygen atoms in total. The maximum atomic E-state index is 12.5. The number of anilines is 1. The van der Waals surface area contributed by atoms with Crippen molar-refractivity contribution in [3.63, 3.8) is 0 Å². The van der Waals surface area contributed by atoms with Crippen molar-refractivity contribution in [2.45, 2.75) is 45.4 Å². The van der Waals surface area contributed by atoms with Crippen molar-refractivity contribution in [3.05, 3.63) is 50.7 Å². The summed E-state index contributed by atoms with van der Waals surface area (Å²) in [5.41, 5.74) is 8.58. The Morgan fingerprint density at radius 3 is 2.54 bits per heavy atom. The Labute approximate surface area is 146 Å². The minimum absolute atomic E-state index is 0.0852. The summed E-state index contributed by atoms with van der Waals surface area (Å²) in [7, 11) is 0. The molecule has 1 aromatic heterocycles. The molecule has 0 unspecified atom stereocenters. The summed E-state index contributed by atoms with van der Waals surface area (Å²) in [5, 5.41) is 2.92. The average molecular weight is 342 g/mol. The first kappa shape index (κ1) is 16.7. The highest BCUT2D eigenvalue weighted by Crippen LogP contribution is 2.29. The van der Waals surface area contributed by atoms with Crippen molar-refractivity contribution in [1.29, 1.82) is 0 Å². The van der Waals surface area contributed by atoms with Crippen LogP contribution >= 0.6 is 11.3 Å². The molecule has 2 aromatic rings. The molecule has 1 aliphatic rings. The van der Waals surface area contributed by atoms with Gasteiger partial charge in [0, 0.05) is 16.1 Å². The molecular weight excluding hydrogens is 320 g/mol. The Balaban J connectivity index is 1.76. The minimum Gasteiger partial charge on any atom is -0.366 e. The summed E-state index contributed by atoms with van der Waals surface area (Å²) in [5.74, 6) is -0.540. The van der Waals surface area contributed by atoms with E-state index in [2.05, 4.69) is 5.32 Å². The predicted octanol–water partition coefficient (Wildman–Crippen LogP) is 4.07. The van der Waals surface area contributed by atoms with Crippen LogP contribution in [0.2, 0.25) is 0 Å². The number of thiophene rings is 1. The van der Waals surface area contributed by atoms with E-state index in [1.165, 1.54) is 36.1 Å². The van der Waals surface area contributed by atoms with Gasteiger partial charge in [-0.2, -0.15) is 0 Å². The number of benzene rings is 1. The Kier molecular flexibility index (Phi) is 5.00. The zero-order chi connectivity index (χ0) is 17.1. The number of aryl methyl sites for hydroxylation is 3. The van der Waals surface area contributed by atoms with Crippen LogP contribution in [-0.2, 0) is 12.8 Å². The molecule has 0 atom stereocenters. The summed E-state index contributed by atoms with van der Waals surface area (Å²) in [4.78, 5) is 25.9. The second-order valence-electron chi connectivity index (χ2n) is 6.32. The predicted molar refractivity (Wildman–Crippen MR) is 97.8 cm³/mol. The topological polar surface area (TPSA) is 72.2 Å². The fraction of sp³-hybridized carbons (Fsp3) is 0.368. The van der Waals surface area contributed by atoms with E-state index in [0.717, 1.165) is 23.3 Å². The van der Waals surface area contributed by atoms with E-state index < -0.39 is 5.91 Å². The average Bonchev–Trinajstić information content (AvgIpc) is 2.89. The molecule has 3 N–H and O–H groups in total. The van der Waals surface area contributed by atoms with Gasteiger partial charge in [0.05, 0.1) is 4.88 Å². The third kappa shape index (κ3) is 3.67. The minimum atomic E-state index is -0.455. The summed E-state index contributed by atoms with van der Waals surface area (Å²) in [6.45, 7) is 1.81. The van der Waals surface area contributed by atoms with E-state index in [9.17, 15) is 9.59 Å². The van der Waals surface area contributed by atoms with Gasteiger partial charge in [0.15, 0.2) is 0 Å². The molecule has 126 valence electrons. The fourth-order valence-corrected chi connectivity index (χ4v) is 4.32. The molecule has 1 aromatic carbocycles. The lowest BCUT2D eigenvalue weighted by Crippen LogP contribution is -2.14. The van der Waals surface area contributed by atoms with Crippen LogP contribution in [0.25, 0.3) is 0 Å². The van der Waals surface area contributed by atoms with Gasteiger partial charge >= 0.3 is 0 Å². The number of hydrogen-bond acceptors (Lipinski definition) is 3. The summed E-state index contributed by atoms with van der Waals surface area (Å²) in [6, 6.07) is 7.20. The van der Waals surface area contributed by atoms with E-state index in [0.29, 0.717) is 11.3 Å². The van der Waals surface area contributed by atoms with Gasteiger partial charge in [-0.25, -0.2) is 0 Å². The molecule has 0 aliphatic heterocycles. The van der Waals surface area contributed by atoms with Crippen LogP contribution in [0.3, 0.4) is 0 Å². The number of fused-ring (bicyclic) bond motifs is 1. The molecule has 2 amide bonds. The van der Waals surface area contributed by atoms with Crippen molar-refractivity contribution in [2.24, 2.45) is 5.73 Å². The first-order chi connectivity index (χ1) is 11.5. The van der Waals surface area contributed by atoms with Crippen molar-refractivity contribution in [3.8, 4) is 0 Å². The van der Waals surface area contributed by atoms with Gasteiger partial charge in [-0.15, -0.1) is 11.3 Å². The van der Waals surface area contributed by atoms with Crippen LogP contribution < -0.4 is 11.1 Å². The van der Waals surface area contributed by atoms with Gasteiger partial charge in [-0.05, 0) is 68.0 Å². The second kappa shape index (κ2) is 7.18. The number of nitrogens with one attached hydrogen (secondary N) is 1. The van der Waals surface area contributed by atoms with Crippen LogP contribution in [0, 0.1) is 6.92 Å². The summed E-state index contributed by atoms with van der Waals surface area (Å²) in [6.07, 6.45) is 7.14. The molecule has 24 heavy (non-hydrogen) atoms. The van der Waals surface area contributed by atoms with Gasteiger partial charge in [0.1, 0.15) is 0 Å². The number of primary amides is 1. The number of amides is 2. The van der Waals surface area contributed by atoms with E-state index in [1.54, 1.807) is 29.5 Å². The molecule has 0 saturated carbocycles. The standard InChI is InChI=1S/C19H22N2O2S/c1-12-10-14(8-9-15(12)18(20)22)21-19(23)17-11-13-6-4-2-3-5-7-16(13)24-17/h8-11H,2-7H2,1H3,(H2,20,22)(H,21,23). The molecule has 1 aliphatic carbocycles. The molecule has 5 heteroatoms. The Morgan fingerprint density at radius 1 is 1.08 bits per heavy atom. The van der Waals surface area contributed by atoms with Crippen LogP contribution in [0.15, 0.2) is 24.3 Å². The first-order valence-corrected chi connectivity index (χ1v) is 9.19. The van der Waals surface area contributed by atoms with Gasteiger partial charge in [-0.1, -0.05) is 12.8 Å². The maximum Gasteiger partial charge on any atom is 0.265 e. The first-order valence-electron chi connectivity index (χ1n) is 8.38. The number of rotatable bonds is 3. The number of hydrogen-bond donors (Lipinski definition) is 2. The van der Waals surface area contributed by atoms with Gasteiger partial charge in [0.2, 0.25) is 5.91 Å². The zero-order valence-electron chi connectivity index (χ0n) is 13.9. The van der Waals surface area contributed by atoms with E-state index in [-0.39, 0.29) is 5.91 Å². The van der Waals surface area contributed by atoms with Crippen molar-refractivity contribution >= 4 is 28.8 Å². The zero-order valence-corrected chi connectivity index (χ0v) is 14.7. The molecular formula is C19H22N2O2S. The molecule has 3 rings (SSSR count). The van der Waals surface area contributed by atoms with Gasteiger partial charge in [-0.3, -0.25) is 9.59 Å². The third-order valence-corrected chi connectivity index (χ3v) is 5.71. The highest BCUT2D eigenvalue weighted by atomic mass is 32.1. The lowest BCUT2D eigenvalue weighted by molar-refractivity contribution is 0.0998. The molecule has 0 fully saturated rings. The molecule has 1 heterocycles. The number of carbonyl (C=O) groups is 2. The van der Waals surface area contributed by atoms with Gasteiger partial charge in [0.25, 0.3) is 5.91 Å². The normalized spacial score (nSPS) is 14.4. The molecule has 0 radical (unpaired) electrons. The Hall–Kier alpha value is -2.14. The highest BCUT2D eigenvalue weighted by molar-refractivity contribution is 7.14. The second-order valence-corrected chi connectivity index (χ2v) is 7.46. The molecule has 0 bridgehead atoms. The van der Waals surface area contributed by atoms with E-state index in [4.69, 9.17) is 5.73 Å². The number of carbonyl (C=O) groups excluding carboxylic acids is 2. The Morgan fingerprint density at radius 2 is 1.83 bits per heavy atom. The molecule has 0 spiro atoms. The Bertz CT molecular complexity index is 754. The van der Waals surface area contributed by atoms with Gasteiger partial charge < -0.3 is 11.1 Å². The molecule has 0 saturated heterocycles. The van der Waals surface area contributed by atoms with E-state index >= 15 is 0 Å². The monoisotopic (exact) mass is 342 g/mol. The van der Waals surface area contributed by atoms with Crippen molar-refractivity contribution < 1.29 is 9.59 Å². The smallest absolute Gasteiger partial charge is 0.265 e. The number of nitrogens with two attached hydrogens (primary N) is 1. The lowest BCUT2D eigenvalue weighted by atomic mass is 10.00. The SMILES string of the molecule is Cc1cc(NC(=O)c2cc3c(s2)CCCCCC3)ccc1C(N)=O. The van der Waals surface area contributed by atoms with Crippen LogP contribution in [0.5, 0.6) is 0 Å². The fourth-order valence-electron chi connectivity index (χ4n) is 3.17. The maximum absolute atomic E-state index is 12.5. The lowest BCUT2D eigenvalue weighted by Gasteiger charge is -2.07. The largest absolute Gasteiger partial charge is 0.366 e. The quantitative estimate of drug-likeness (QED) is 0.882. The van der Waals surface area contributed by atoms with Crippen LogP contribution in [0.1, 0.15) is 61.7 Å². The highest BCUT2D eigenvalue weighted by Gasteiger charge is 2.16. The third-order valence-electron chi connectivity index (χ3n) is 4.47. The summed E-state index contributed by atoms with van der Waals surface area (Å²) >= 11 is 1.61. The van der Waals surface area contributed by atoms with Crippen molar-refractivity contribution in [1.82, 2.24) is 0 Å². The van der Waals surface area contributed by atoms with Crippen LogP contribution in [0.4, 0.5) is 5.69 Å². The van der Waals surface area contributed by atoms with Crippen molar-refractivity contribution in [2.75, 3.05) is 5.32 Å². The summed E-state index contributed by atoms with van der Waals surface area (Å²) < 4.78 is 0.